The van der Waals surface area contributed by atoms with Crippen LogP contribution >= 0.6 is 11.3 Å². The Balaban J connectivity index is 1.49. The van der Waals surface area contributed by atoms with Crippen molar-refractivity contribution in [3.63, 3.8) is 0 Å². The monoisotopic (exact) mass is 379 g/mol. The summed E-state index contributed by atoms with van der Waals surface area (Å²) in [6.07, 6.45) is 0. The molecule has 0 saturated carbocycles. The molecule has 2 aromatic carbocycles. The molecule has 0 fully saturated rings. The van der Waals surface area contributed by atoms with Crippen molar-refractivity contribution in [2.75, 3.05) is 5.32 Å². The number of carboxylic acid groups (broad SMARTS) is 1. The molecular weight excluding hydrogens is 366 g/mol. The molecule has 0 unspecified atom stereocenters. The van der Waals surface area contributed by atoms with Gasteiger partial charge in [-0.1, -0.05) is 18.2 Å². The Bertz CT molecular complexity index is 1120. The molecule has 7 nitrogen and oxygen atoms in total. The number of ether oxygens (including phenoxy) is 1. The number of hydrogen-bond donors (Lipinski definition) is 3. The summed E-state index contributed by atoms with van der Waals surface area (Å²) < 4.78 is 5.70. The molecule has 2 aromatic heterocycles. The van der Waals surface area contributed by atoms with E-state index in [2.05, 4.69) is 15.5 Å². The second-order valence-electron chi connectivity index (χ2n) is 5.63. The summed E-state index contributed by atoms with van der Waals surface area (Å²) in [6.45, 7) is 0. The number of aromatic amines is 1. The lowest BCUT2D eigenvalue weighted by Crippen LogP contribution is -2.12. The minimum Gasteiger partial charge on any atom is -0.477 e. The number of amides is 1. The van der Waals surface area contributed by atoms with Crippen LogP contribution in [0.3, 0.4) is 0 Å². The number of aromatic carboxylic acids is 1. The van der Waals surface area contributed by atoms with E-state index in [0.29, 0.717) is 33.1 Å². The molecule has 3 N–H and O–H groups in total. The number of carbonyl (C=O) groups excluding carboxylic acids is 1. The smallest absolute Gasteiger partial charge is 0.345 e. The molecule has 0 aliphatic rings. The van der Waals surface area contributed by atoms with Gasteiger partial charge in [-0.25, -0.2) is 4.79 Å². The number of aromatic nitrogens is 2. The van der Waals surface area contributed by atoms with Crippen molar-refractivity contribution in [1.29, 1.82) is 0 Å². The fourth-order valence-corrected chi connectivity index (χ4v) is 3.33. The zero-order valence-corrected chi connectivity index (χ0v) is 14.6. The maximum atomic E-state index is 12.5. The van der Waals surface area contributed by atoms with E-state index < -0.39 is 5.97 Å². The quantitative estimate of drug-likeness (QED) is 0.478. The van der Waals surface area contributed by atoms with E-state index in [1.165, 1.54) is 6.07 Å². The first-order valence-corrected chi connectivity index (χ1v) is 8.77. The van der Waals surface area contributed by atoms with E-state index in [1.54, 1.807) is 24.3 Å². The Morgan fingerprint density at radius 1 is 1.04 bits per heavy atom. The third-order valence-electron chi connectivity index (χ3n) is 3.80. The molecule has 1 amide bonds. The molecule has 0 bridgehead atoms. The number of H-pyrrole nitrogens is 1. The Morgan fingerprint density at radius 3 is 2.44 bits per heavy atom. The molecule has 8 heteroatoms. The summed E-state index contributed by atoms with van der Waals surface area (Å²) in [5.41, 5.74) is 0.437. The average molecular weight is 379 g/mol. The van der Waals surface area contributed by atoms with Crippen LogP contribution < -0.4 is 10.1 Å². The van der Waals surface area contributed by atoms with Crippen molar-refractivity contribution < 1.29 is 19.4 Å². The summed E-state index contributed by atoms with van der Waals surface area (Å²) >= 11 is 1.04. The molecule has 0 spiro atoms. The number of nitrogens with one attached hydrogen (secondary N) is 2. The molecule has 0 radical (unpaired) electrons. The van der Waals surface area contributed by atoms with Gasteiger partial charge in [-0.05, 0) is 42.5 Å². The molecule has 4 rings (SSSR count). The minimum atomic E-state index is -1.02. The first-order valence-electron chi connectivity index (χ1n) is 7.95. The van der Waals surface area contributed by atoms with Gasteiger partial charge in [0.05, 0.1) is 5.39 Å². The van der Waals surface area contributed by atoms with E-state index in [4.69, 9.17) is 9.84 Å². The van der Waals surface area contributed by atoms with Crippen LogP contribution in [0.1, 0.15) is 20.0 Å². The number of rotatable bonds is 5. The van der Waals surface area contributed by atoms with E-state index in [1.807, 2.05) is 30.3 Å². The fourth-order valence-electron chi connectivity index (χ4n) is 2.50. The number of para-hydroxylation sites is 1. The Kier molecular flexibility index (Phi) is 4.31. The van der Waals surface area contributed by atoms with Crippen LogP contribution in [0.15, 0.2) is 60.7 Å². The Hall–Kier alpha value is -3.65. The maximum absolute atomic E-state index is 12.5. The number of thiophene rings is 1. The van der Waals surface area contributed by atoms with Gasteiger partial charge in [0, 0.05) is 5.56 Å². The van der Waals surface area contributed by atoms with Gasteiger partial charge in [-0.2, -0.15) is 5.10 Å². The van der Waals surface area contributed by atoms with E-state index in [-0.39, 0.29) is 10.8 Å². The van der Waals surface area contributed by atoms with Crippen LogP contribution in [0.4, 0.5) is 5.82 Å². The number of carboxylic acids is 1. The lowest BCUT2D eigenvalue weighted by Gasteiger charge is -2.07. The topological polar surface area (TPSA) is 104 Å². The highest BCUT2D eigenvalue weighted by molar-refractivity contribution is 7.20. The minimum absolute atomic E-state index is 0.166. The maximum Gasteiger partial charge on any atom is 0.345 e. The fraction of sp³-hybridized carbons (Fsp3) is 0. The summed E-state index contributed by atoms with van der Waals surface area (Å²) in [5, 5.41) is 19.1. The summed E-state index contributed by atoms with van der Waals surface area (Å²) in [6, 6.07) is 17.5. The predicted molar refractivity (Wildman–Crippen MR) is 102 cm³/mol. The number of nitrogens with zero attached hydrogens (tertiary/aromatic N) is 1. The van der Waals surface area contributed by atoms with Crippen LogP contribution in [-0.2, 0) is 0 Å². The van der Waals surface area contributed by atoms with Crippen LogP contribution in [0.2, 0.25) is 0 Å². The van der Waals surface area contributed by atoms with Crippen LogP contribution in [0.25, 0.3) is 10.2 Å². The van der Waals surface area contributed by atoms with Gasteiger partial charge < -0.3 is 15.2 Å². The zero-order chi connectivity index (χ0) is 18.8. The third kappa shape index (κ3) is 3.51. The summed E-state index contributed by atoms with van der Waals surface area (Å²) in [5.74, 6) is 0.328. The SMILES string of the molecule is O=C(Nc1[nH]nc2sc(C(=O)O)cc12)c1ccc(Oc2ccccc2)cc1. The van der Waals surface area contributed by atoms with Crippen molar-refractivity contribution in [1.82, 2.24) is 10.2 Å². The van der Waals surface area contributed by atoms with Crippen molar-refractivity contribution in [3.8, 4) is 11.5 Å². The zero-order valence-electron chi connectivity index (χ0n) is 13.8. The number of anilines is 1. The Morgan fingerprint density at radius 2 is 1.74 bits per heavy atom. The molecule has 4 aromatic rings. The lowest BCUT2D eigenvalue weighted by atomic mass is 10.2. The number of carbonyl (C=O) groups is 2. The summed E-state index contributed by atoms with van der Waals surface area (Å²) in [7, 11) is 0. The first-order chi connectivity index (χ1) is 13.1. The Labute approximate surface area is 157 Å². The van der Waals surface area contributed by atoms with Gasteiger partial charge in [0.1, 0.15) is 27.0 Å². The van der Waals surface area contributed by atoms with E-state index in [0.717, 1.165) is 11.3 Å². The second kappa shape index (κ2) is 6.93. The highest BCUT2D eigenvalue weighted by atomic mass is 32.1. The number of benzene rings is 2. The highest BCUT2D eigenvalue weighted by Crippen LogP contribution is 2.29. The highest BCUT2D eigenvalue weighted by Gasteiger charge is 2.16. The van der Waals surface area contributed by atoms with Gasteiger partial charge in [-0.15, -0.1) is 11.3 Å². The van der Waals surface area contributed by atoms with Crippen LogP contribution in [0.5, 0.6) is 11.5 Å². The second-order valence-corrected chi connectivity index (χ2v) is 6.66. The van der Waals surface area contributed by atoms with Crippen molar-refractivity contribution in [3.05, 3.63) is 71.1 Å². The molecule has 0 aliphatic heterocycles. The van der Waals surface area contributed by atoms with Gasteiger partial charge >= 0.3 is 5.97 Å². The third-order valence-corrected chi connectivity index (χ3v) is 4.81. The van der Waals surface area contributed by atoms with E-state index >= 15 is 0 Å². The molecule has 2 heterocycles. The average Bonchev–Trinajstić information content (AvgIpc) is 3.25. The largest absolute Gasteiger partial charge is 0.477 e. The summed E-state index contributed by atoms with van der Waals surface area (Å²) in [4.78, 5) is 24.2. The lowest BCUT2D eigenvalue weighted by molar-refractivity contribution is 0.0702. The number of hydrogen-bond acceptors (Lipinski definition) is 5. The van der Waals surface area contributed by atoms with Crippen molar-refractivity contribution in [2.24, 2.45) is 0 Å². The van der Waals surface area contributed by atoms with Gasteiger partial charge in [0.15, 0.2) is 0 Å². The normalized spacial score (nSPS) is 10.7. The molecule has 0 aliphatic carbocycles. The molecule has 0 saturated heterocycles. The first kappa shape index (κ1) is 16.8. The molecule has 0 atom stereocenters. The van der Waals surface area contributed by atoms with Crippen molar-refractivity contribution in [2.45, 2.75) is 0 Å². The van der Waals surface area contributed by atoms with Crippen molar-refractivity contribution >= 4 is 39.2 Å². The predicted octanol–water partition coefficient (Wildman–Crippen LogP) is 4.37. The van der Waals surface area contributed by atoms with E-state index in [9.17, 15) is 9.59 Å². The van der Waals surface area contributed by atoms with Gasteiger partial charge in [0.2, 0.25) is 0 Å². The molecule has 134 valence electrons. The van der Waals surface area contributed by atoms with Crippen LogP contribution in [-0.4, -0.2) is 27.2 Å². The van der Waals surface area contributed by atoms with Gasteiger partial charge in [0.25, 0.3) is 5.91 Å². The molecule has 27 heavy (non-hydrogen) atoms. The number of fused-ring (bicyclic) bond motifs is 1. The van der Waals surface area contributed by atoms with Gasteiger partial charge in [-0.3, -0.25) is 9.89 Å². The van der Waals surface area contributed by atoms with Crippen LogP contribution in [0, 0.1) is 0 Å². The molecular formula is C19H13N3O4S. The standard InChI is InChI=1S/C19H13N3O4S/c23-17(20-16-14-10-15(19(24)25)27-18(14)22-21-16)11-6-8-13(9-7-11)26-12-4-2-1-3-5-12/h1-10H,(H,24,25)(H2,20,21,22,23).